The molecule has 1 aliphatic heterocycles. The van der Waals surface area contributed by atoms with E-state index in [9.17, 15) is 23.1 Å². The Morgan fingerprint density at radius 1 is 1.20 bits per heavy atom. The van der Waals surface area contributed by atoms with Gasteiger partial charge in [0, 0.05) is 18.5 Å². The highest BCUT2D eigenvalue weighted by Gasteiger charge is 2.49. The lowest BCUT2D eigenvalue weighted by Crippen LogP contribution is -2.43. The molecule has 0 unspecified atom stereocenters. The van der Waals surface area contributed by atoms with Crippen LogP contribution in [0.3, 0.4) is 0 Å². The Morgan fingerprint density at radius 2 is 1.93 bits per heavy atom. The number of fused-ring (bicyclic) bond motifs is 3. The van der Waals surface area contributed by atoms with Crippen LogP contribution in [0, 0.1) is 5.92 Å². The summed E-state index contributed by atoms with van der Waals surface area (Å²) >= 11 is 0. The number of aliphatic hydroxyl groups excluding tert-OH is 1. The van der Waals surface area contributed by atoms with E-state index >= 15 is 0 Å². The summed E-state index contributed by atoms with van der Waals surface area (Å²) in [5, 5.41) is 13.1. The number of nitrogens with zero attached hydrogens (tertiary/aromatic N) is 1. The first-order valence-corrected chi connectivity index (χ1v) is 10.6. The first-order valence-electron chi connectivity index (χ1n) is 10.6. The molecule has 2 N–H and O–H groups in total. The summed E-state index contributed by atoms with van der Waals surface area (Å²) in [4.78, 5) is 14.9. The molecule has 1 aromatic heterocycles. The molecule has 1 spiro atoms. The highest BCUT2D eigenvalue weighted by molar-refractivity contribution is 6.08. The topological polar surface area (TPSA) is 65.7 Å². The maximum absolute atomic E-state index is 13.3. The van der Waals surface area contributed by atoms with Crippen LogP contribution in [-0.2, 0) is 6.18 Å². The fourth-order valence-electron chi connectivity index (χ4n) is 4.91. The number of amides is 1. The number of nitrogens with one attached hydrogen (secondary N) is 1. The number of halogens is 3. The molecule has 3 aliphatic rings. The zero-order valence-corrected chi connectivity index (χ0v) is 16.6. The van der Waals surface area contributed by atoms with Crippen molar-refractivity contribution in [2.75, 3.05) is 18.0 Å². The highest BCUT2D eigenvalue weighted by Crippen LogP contribution is 2.45. The van der Waals surface area contributed by atoms with Gasteiger partial charge in [-0.15, -0.1) is 0 Å². The Balaban J connectivity index is 1.51. The van der Waals surface area contributed by atoms with E-state index < -0.39 is 11.7 Å². The number of furan rings is 1. The fraction of sp³-hybridized carbons (Fsp3) is 0.591. The number of carbonyl (C=O) groups is 1. The van der Waals surface area contributed by atoms with E-state index in [-0.39, 0.29) is 23.3 Å². The predicted octanol–water partition coefficient (Wildman–Crippen LogP) is 4.48. The number of carbonyl (C=O) groups excluding carboxylic acids is 1. The van der Waals surface area contributed by atoms with Crippen LogP contribution in [0.15, 0.2) is 22.6 Å². The monoisotopic (exact) mass is 422 g/mol. The van der Waals surface area contributed by atoms with Crippen molar-refractivity contribution in [1.29, 1.82) is 0 Å². The zero-order valence-electron chi connectivity index (χ0n) is 16.6. The van der Waals surface area contributed by atoms with Gasteiger partial charge in [0.1, 0.15) is 5.58 Å². The third-order valence-corrected chi connectivity index (χ3v) is 6.86. The molecule has 5 rings (SSSR count). The van der Waals surface area contributed by atoms with Gasteiger partial charge in [-0.1, -0.05) is 0 Å². The van der Waals surface area contributed by atoms with Crippen LogP contribution in [0.1, 0.15) is 61.1 Å². The van der Waals surface area contributed by atoms with Crippen molar-refractivity contribution >= 4 is 22.6 Å². The molecule has 30 heavy (non-hydrogen) atoms. The number of alkyl halides is 3. The van der Waals surface area contributed by atoms with Gasteiger partial charge in [0.2, 0.25) is 5.76 Å². The van der Waals surface area contributed by atoms with E-state index in [2.05, 4.69) is 10.2 Å². The Morgan fingerprint density at radius 3 is 2.60 bits per heavy atom. The van der Waals surface area contributed by atoms with Crippen LogP contribution < -0.4 is 10.2 Å². The Bertz CT molecular complexity index is 972. The molecular weight excluding hydrogens is 397 g/mol. The molecule has 2 fully saturated rings. The van der Waals surface area contributed by atoms with Crippen molar-refractivity contribution in [3.8, 4) is 0 Å². The van der Waals surface area contributed by atoms with Crippen molar-refractivity contribution in [3.63, 3.8) is 0 Å². The van der Waals surface area contributed by atoms with Crippen molar-refractivity contribution in [2.24, 2.45) is 5.92 Å². The average molecular weight is 422 g/mol. The van der Waals surface area contributed by atoms with Gasteiger partial charge in [0.25, 0.3) is 5.91 Å². The number of anilines is 1. The minimum Gasteiger partial charge on any atom is -0.449 e. The summed E-state index contributed by atoms with van der Waals surface area (Å²) in [5.74, 6) is 0.227. The predicted molar refractivity (Wildman–Crippen MR) is 105 cm³/mol. The van der Waals surface area contributed by atoms with Gasteiger partial charge in [0.05, 0.1) is 22.9 Å². The average Bonchev–Trinajstić information content (AvgIpc) is 3.35. The summed E-state index contributed by atoms with van der Waals surface area (Å²) in [7, 11) is 0. The van der Waals surface area contributed by atoms with Crippen LogP contribution in [0.5, 0.6) is 0 Å². The van der Waals surface area contributed by atoms with E-state index in [0.717, 1.165) is 57.1 Å². The zero-order chi connectivity index (χ0) is 21.1. The summed E-state index contributed by atoms with van der Waals surface area (Å²) in [6, 6.07) is 3.39. The van der Waals surface area contributed by atoms with Gasteiger partial charge in [-0.25, -0.2) is 0 Å². The minimum absolute atomic E-state index is 0.104. The number of hydrogen-bond acceptors (Lipinski definition) is 4. The van der Waals surface area contributed by atoms with Crippen LogP contribution in [0.25, 0.3) is 11.0 Å². The fourth-order valence-corrected chi connectivity index (χ4v) is 4.91. The van der Waals surface area contributed by atoms with Crippen LogP contribution in [0.4, 0.5) is 18.9 Å². The molecule has 1 amide bonds. The number of hydrogen-bond donors (Lipinski definition) is 2. The van der Waals surface area contributed by atoms with Gasteiger partial charge in [-0.05, 0) is 69.1 Å². The van der Waals surface area contributed by atoms with Gasteiger partial charge >= 0.3 is 6.18 Å². The van der Waals surface area contributed by atoms with Gasteiger partial charge in [-0.3, -0.25) is 4.79 Å². The van der Waals surface area contributed by atoms with Gasteiger partial charge < -0.3 is 19.7 Å². The van der Waals surface area contributed by atoms with E-state index in [1.54, 1.807) is 0 Å². The molecule has 1 aromatic carbocycles. The molecule has 2 aromatic rings. The standard InChI is InChI=1S/C22H25F3N2O3/c23-22(24,25)14-3-6-17-16(11-14)18-19(30-17)20(29)26-21(8-9-21)12-27(18)10-7-13-1-4-15(28)5-2-13/h3,6,11,13,15,28H,1-2,4-5,7-10,12H2,(H,26,29). The number of aliphatic hydroxyl groups is 1. The quantitative estimate of drug-likeness (QED) is 0.766. The van der Waals surface area contributed by atoms with Crippen LogP contribution in [-0.4, -0.2) is 35.7 Å². The third kappa shape index (κ3) is 3.55. The van der Waals surface area contributed by atoms with E-state index in [1.165, 1.54) is 6.07 Å². The maximum Gasteiger partial charge on any atom is 0.416 e. The van der Waals surface area contributed by atoms with E-state index in [0.29, 0.717) is 35.7 Å². The van der Waals surface area contributed by atoms with E-state index in [1.807, 2.05) is 0 Å². The van der Waals surface area contributed by atoms with Crippen molar-refractivity contribution < 1.29 is 27.5 Å². The number of benzene rings is 1. The highest BCUT2D eigenvalue weighted by atomic mass is 19.4. The second-order valence-electron chi connectivity index (χ2n) is 9.11. The second-order valence-corrected chi connectivity index (χ2v) is 9.11. The molecule has 0 radical (unpaired) electrons. The normalized spacial score (nSPS) is 25.9. The molecule has 8 heteroatoms. The summed E-state index contributed by atoms with van der Waals surface area (Å²) in [6.45, 7) is 1.22. The second kappa shape index (κ2) is 6.90. The molecular formula is C22H25F3N2O3. The first-order chi connectivity index (χ1) is 14.2. The van der Waals surface area contributed by atoms with Crippen molar-refractivity contribution in [1.82, 2.24) is 5.32 Å². The van der Waals surface area contributed by atoms with Gasteiger partial charge in [0.15, 0.2) is 0 Å². The largest absolute Gasteiger partial charge is 0.449 e. The lowest BCUT2D eigenvalue weighted by Gasteiger charge is -2.30. The third-order valence-electron chi connectivity index (χ3n) is 6.86. The molecule has 2 aliphatic carbocycles. The minimum atomic E-state index is -4.46. The van der Waals surface area contributed by atoms with Crippen LogP contribution in [0.2, 0.25) is 0 Å². The Hall–Kier alpha value is -2.22. The smallest absolute Gasteiger partial charge is 0.416 e. The molecule has 2 saturated carbocycles. The Kier molecular flexibility index (Phi) is 4.54. The van der Waals surface area contributed by atoms with Gasteiger partial charge in [-0.2, -0.15) is 13.2 Å². The lowest BCUT2D eigenvalue weighted by molar-refractivity contribution is -0.137. The molecule has 5 nitrogen and oxygen atoms in total. The lowest BCUT2D eigenvalue weighted by atomic mass is 9.85. The first kappa shape index (κ1) is 19.7. The molecule has 0 saturated heterocycles. The number of rotatable bonds is 3. The summed E-state index contributed by atoms with van der Waals surface area (Å²) < 4.78 is 45.7. The summed E-state index contributed by atoms with van der Waals surface area (Å²) in [6.07, 6.45) is 1.41. The molecule has 2 heterocycles. The molecule has 0 atom stereocenters. The van der Waals surface area contributed by atoms with Crippen LogP contribution >= 0.6 is 0 Å². The van der Waals surface area contributed by atoms with Crippen molar-refractivity contribution in [2.45, 2.75) is 62.8 Å². The van der Waals surface area contributed by atoms with Crippen molar-refractivity contribution in [3.05, 3.63) is 29.5 Å². The maximum atomic E-state index is 13.3. The van der Waals surface area contributed by atoms with E-state index in [4.69, 9.17) is 4.42 Å². The molecule has 162 valence electrons. The molecule has 0 bridgehead atoms. The SMILES string of the molecule is O=C1NC2(CC2)CN(CCC2CCC(O)CC2)c2c1oc1ccc(C(F)(F)F)cc21. The Labute approximate surface area is 172 Å². The summed E-state index contributed by atoms with van der Waals surface area (Å²) in [5.41, 5.74) is -0.283.